The van der Waals surface area contributed by atoms with E-state index < -0.39 is 11.2 Å². The fourth-order valence-electron chi connectivity index (χ4n) is 3.34. The number of hydrogen-bond acceptors (Lipinski definition) is 6. The van der Waals surface area contributed by atoms with Crippen molar-refractivity contribution in [2.24, 2.45) is 0 Å². The average molecular weight is 416 g/mol. The van der Waals surface area contributed by atoms with E-state index in [1.165, 1.54) is 0 Å². The van der Waals surface area contributed by atoms with Crippen molar-refractivity contribution in [2.45, 2.75) is 26.0 Å². The van der Waals surface area contributed by atoms with E-state index in [4.69, 9.17) is 9.57 Å². The van der Waals surface area contributed by atoms with Crippen LogP contribution < -0.4 is 20.6 Å². The number of anilines is 1. The van der Waals surface area contributed by atoms with Crippen LogP contribution in [-0.4, -0.2) is 21.8 Å². The van der Waals surface area contributed by atoms with Crippen molar-refractivity contribution in [1.29, 1.82) is 0 Å². The molecular formula is C24H24N4O3. The van der Waals surface area contributed by atoms with Gasteiger partial charge in [-0.1, -0.05) is 42.5 Å². The Bertz CT molecular complexity index is 1240. The molecule has 2 aromatic carbocycles. The molecule has 0 aliphatic heterocycles. The summed E-state index contributed by atoms with van der Waals surface area (Å²) in [4.78, 5) is 27.2. The minimum Gasteiger partial charge on any atom is -0.497 e. The van der Waals surface area contributed by atoms with E-state index in [-0.39, 0.29) is 6.61 Å². The van der Waals surface area contributed by atoms with Gasteiger partial charge in [-0.2, -0.15) is 4.98 Å². The third-order valence-corrected chi connectivity index (χ3v) is 5.06. The van der Waals surface area contributed by atoms with E-state index in [0.29, 0.717) is 16.9 Å². The first-order valence-electron chi connectivity index (χ1n) is 9.95. The molecule has 4 aromatic rings. The first-order chi connectivity index (χ1) is 15.0. The molecule has 2 aromatic heterocycles. The molecule has 158 valence electrons. The topological polar surface area (TPSA) is 78.3 Å². The number of rotatable bonds is 7. The van der Waals surface area contributed by atoms with Gasteiger partial charge in [0.25, 0.3) is 0 Å². The highest BCUT2D eigenvalue weighted by Crippen LogP contribution is 2.28. The molecule has 0 unspecified atom stereocenters. The van der Waals surface area contributed by atoms with E-state index >= 15 is 0 Å². The van der Waals surface area contributed by atoms with Gasteiger partial charge in [0.1, 0.15) is 18.2 Å². The van der Waals surface area contributed by atoms with Crippen LogP contribution in [0.25, 0.3) is 11.0 Å². The number of methoxy groups -OCH3 is 1. The monoisotopic (exact) mass is 416 g/mol. The van der Waals surface area contributed by atoms with Gasteiger partial charge in [-0.3, -0.25) is 0 Å². The molecule has 0 aliphatic carbocycles. The summed E-state index contributed by atoms with van der Waals surface area (Å²) in [5.74, 6) is 1.24. The number of nitrogens with one attached hydrogen (secondary N) is 1. The molecule has 0 saturated carbocycles. The summed E-state index contributed by atoms with van der Waals surface area (Å²) in [5.41, 5.74) is 1.35. The zero-order valence-electron chi connectivity index (χ0n) is 17.7. The molecule has 1 N–H and O–H groups in total. The summed E-state index contributed by atoms with van der Waals surface area (Å²) in [5, 5.41) is 4.09. The van der Waals surface area contributed by atoms with Crippen molar-refractivity contribution < 1.29 is 9.57 Å². The predicted octanol–water partition coefficient (Wildman–Crippen LogP) is 3.78. The Kier molecular flexibility index (Phi) is 5.58. The van der Waals surface area contributed by atoms with Crippen LogP contribution in [0, 0.1) is 0 Å². The Morgan fingerprint density at radius 1 is 1.00 bits per heavy atom. The first-order valence-corrected chi connectivity index (χ1v) is 9.95. The van der Waals surface area contributed by atoms with Crippen LogP contribution in [0.15, 0.2) is 77.7 Å². The van der Waals surface area contributed by atoms with E-state index in [0.717, 1.165) is 21.6 Å². The maximum Gasteiger partial charge on any atom is 0.384 e. The number of hydrogen-bond donors (Lipinski definition) is 1. The quantitative estimate of drug-likeness (QED) is 0.494. The molecule has 0 amide bonds. The molecule has 0 atom stereocenters. The summed E-state index contributed by atoms with van der Waals surface area (Å²) in [6.45, 7) is 4.28. The van der Waals surface area contributed by atoms with Crippen LogP contribution in [0.4, 0.5) is 5.82 Å². The summed E-state index contributed by atoms with van der Waals surface area (Å²) in [6.07, 6.45) is 1.63. The molecular weight excluding hydrogens is 392 g/mol. The number of pyridine rings is 1. The van der Waals surface area contributed by atoms with Gasteiger partial charge in [0.05, 0.1) is 18.0 Å². The van der Waals surface area contributed by atoms with E-state index in [1.54, 1.807) is 13.3 Å². The highest BCUT2D eigenvalue weighted by molar-refractivity contribution is 5.86. The fraction of sp³-hybridized carbons (Fsp3) is 0.208. The number of fused-ring (bicyclic) bond motifs is 1. The number of aromatic nitrogens is 3. The lowest BCUT2D eigenvalue weighted by molar-refractivity contribution is 0.0950. The molecule has 0 aliphatic rings. The molecule has 31 heavy (non-hydrogen) atoms. The van der Waals surface area contributed by atoms with Gasteiger partial charge in [0, 0.05) is 6.20 Å². The van der Waals surface area contributed by atoms with E-state index in [2.05, 4.69) is 15.3 Å². The van der Waals surface area contributed by atoms with Gasteiger partial charge >= 0.3 is 5.69 Å². The third-order valence-electron chi connectivity index (χ3n) is 5.06. The lowest BCUT2D eigenvalue weighted by Crippen LogP contribution is -2.34. The molecule has 0 spiro atoms. The Labute approximate surface area is 180 Å². The predicted molar refractivity (Wildman–Crippen MR) is 120 cm³/mol. The number of nitrogens with zero attached hydrogens (tertiary/aromatic N) is 3. The fourth-order valence-corrected chi connectivity index (χ4v) is 3.34. The smallest absolute Gasteiger partial charge is 0.384 e. The standard InChI is InChI=1S/C24H24N4O3/c1-24(2,18-11-13-19(30-3)14-12-18)27-21-20-10-7-15-25-22(20)28(23(29)26-21)31-16-17-8-5-4-6-9-17/h4-15H,16H2,1-3H3,(H,26,27,29). The second kappa shape index (κ2) is 8.47. The maximum atomic E-state index is 12.8. The SMILES string of the molecule is COc1ccc(C(C)(C)Nc2nc(=O)n(OCc3ccccc3)c3ncccc23)cc1. The second-order valence-corrected chi connectivity index (χ2v) is 7.65. The van der Waals surface area contributed by atoms with Gasteiger partial charge in [-0.25, -0.2) is 9.78 Å². The lowest BCUT2D eigenvalue weighted by atomic mass is 9.94. The van der Waals surface area contributed by atoms with Gasteiger partial charge in [-0.05, 0) is 49.2 Å². The summed E-state index contributed by atoms with van der Waals surface area (Å²) in [7, 11) is 1.64. The summed E-state index contributed by atoms with van der Waals surface area (Å²) in [6, 6.07) is 21.1. The zero-order valence-corrected chi connectivity index (χ0v) is 17.7. The molecule has 0 radical (unpaired) electrons. The minimum absolute atomic E-state index is 0.234. The minimum atomic E-state index is -0.532. The highest BCUT2D eigenvalue weighted by atomic mass is 16.7. The second-order valence-electron chi connectivity index (χ2n) is 7.65. The molecule has 2 heterocycles. The van der Waals surface area contributed by atoms with Crippen LogP contribution in [0.3, 0.4) is 0 Å². The Morgan fingerprint density at radius 3 is 2.45 bits per heavy atom. The van der Waals surface area contributed by atoms with Crippen molar-refractivity contribution in [3.8, 4) is 5.75 Å². The summed E-state index contributed by atoms with van der Waals surface area (Å²) < 4.78 is 6.39. The van der Waals surface area contributed by atoms with Gasteiger partial charge in [0.15, 0.2) is 5.65 Å². The van der Waals surface area contributed by atoms with Crippen molar-refractivity contribution in [3.05, 3.63) is 94.5 Å². The molecule has 4 rings (SSSR count). The number of ether oxygens (including phenoxy) is 1. The Balaban J connectivity index is 1.68. The van der Waals surface area contributed by atoms with Crippen LogP contribution in [0.2, 0.25) is 0 Å². The maximum absolute atomic E-state index is 12.8. The molecule has 0 bridgehead atoms. The van der Waals surface area contributed by atoms with Crippen molar-refractivity contribution in [2.75, 3.05) is 12.4 Å². The largest absolute Gasteiger partial charge is 0.497 e. The van der Waals surface area contributed by atoms with Gasteiger partial charge < -0.3 is 14.9 Å². The highest BCUT2D eigenvalue weighted by Gasteiger charge is 2.23. The van der Waals surface area contributed by atoms with E-state index in [1.807, 2.05) is 80.6 Å². The molecule has 0 saturated heterocycles. The summed E-state index contributed by atoms with van der Waals surface area (Å²) >= 11 is 0. The molecule has 0 fully saturated rings. The zero-order chi connectivity index (χ0) is 21.8. The average Bonchev–Trinajstić information content (AvgIpc) is 2.79. The van der Waals surface area contributed by atoms with Gasteiger partial charge in [-0.15, -0.1) is 4.73 Å². The van der Waals surface area contributed by atoms with Gasteiger partial charge in [0.2, 0.25) is 0 Å². The number of benzene rings is 2. The Hall–Kier alpha value is -3.87. The van der Waals surface area contributed by atoms with Crippen molar-refractivity contribution in [1.82, 2.24) is 14.7 Å². The molecule has 7 heteroatoms. The van der Waals surface area contributed by atoms with Crippen LogP contribution >= 0.6 is 0 Å². The Morgan fingerprint density at radius 2 is 1.74 bits per heavy atom. The normalized spacial score (nSPS) is 11.3. The van der Waals surface area contributed by atoms with Crippen LogP contribution in [0.5, 0.6) is 5.75 Å². The lowest BCUT2D eigenvalue weighted by Gasteiger charge is -2.28. The van der Waals surface area contributed by atoms with Crippen LogP contribution in [-0.2, 0) is 12.1 Å². The molecule has 7 nitrogen and oxygen atoms in total. The first kappa shape index (κ1) is 20.4. The van der Waals surface area contributed by atoms with Crippen molar-refractivity contribution >= 4 is 16.9 Å². The van der Waals surface area contributed by atoms with Crippen molar-refractivity contribution in [3.63, 3.8) is 0 Å². The van der Waals surface area contributed by atoms with Crippen LogP contribution in [0.1, 0.15) is 25.0 Å². The third kappa shape index (κ3) is 4.35. The van der Waals surface area contributed by atoms with E-state index in [9.17, 15) is 4.79 Å².